The Kier molecular flexibility index (Phi) is 4.59. The quantitative estimate of drug-likeness (QED) is 0.454. The highest BCUT2D eigenvalue weighted by Crippen LogP contribution is 2.37. The molecule has 0 fully saturated rings. The maximum atomic E-state index is 11.9. The van der Waals surface area contributed by atoms with E-state index in [9.17, 15) is 4.79 Å². The minimum atomic E-state index is -0.336. The molecule has 31 heavy (non-hydrogen) atoms. The number of imidazole rings is 1. The lowest BCUT2D eigenvalue weighted by atomic mass is 9.98. The SMILES string of the molecule is COC(=O)c1ccc([C@H]2C=C(c3ccc(C)c(C)c3)Nc3nc4ccccc4n32)cc1. The number of carbonyl (C=O) groups is 1. The first-order valence-electron chi connectivity index (χ1n) is 10.3. The van der Waals surface area contributed by atoms with E-state index in [4.69, 9.17) is 9.72 Å². The summed E-state index contributed by atoms with van der Waals surface area (Å²) < 4.78 is 7.04. The molecule has 5 nitrogen and oxygen atoms in total. The Balaban J connectivity index is 1.66. The lowest BCUT2D eigenvalue weighted by Gasteiger charge is -2.27. The zero-order chi connectivity index (χ0) is 21.5. The molecule has 2 heterocycles. The standard InChI is InChI=1S/C26H23N3O2/c1-16-8-9-20(14-17(16)2)22-15-24(18-10-12-19(13-11-18)25(30)31-3)29-23-7-5-4-6-21(23)27-26(29)28-22/h4-15,24H,1-3H3,(H,27,28)/t24-/m1/s1. The number of aromatic nitrogens is 2. The average molecular weight is 409 g/mol. The van der Waals surface area contributed by atoms with Crippen molar-refractivity contribution in [1.29, 1.82) is 0 Å². The van der Waals surface area contributed by atoms with Crippen molar-refractivity contribution in [1.82, 2.24) is 9.55 Å². The molecule has 0 amide bonds. The largest absolute Gasteiger partial charge is 0.465 e. The Morgan fingerprint density at radius 2 is 1.77 bits per heavy atom. The summed E-state index contributed by atoms with van der Waals surface area (Å²) in [6, 6.07) is 22.1. The van der Waals surface area contributed by atoms with Gasteiger partial charge < -0.3 is 10.1 Å². The Bertz CT molecular complexity index is 1330. The third-order valence-electron chi connectivity index (χ3n) is 5.94. The Morgan fingerprint density at radius 3 is 2.52 bits per heavy atom. The molecule has 1 aromatic heterocycles. The summed E-state index contributed by atoms with van der Waals surface area (Å²) in [6.45, 7) is 4.24. The second-order valence-electron chi connectivity index (χ2n) is 7.86. The topological polar surface area (TPSA) is 56.1 Å². The van der Waals surface area contributed by atoms with E-state index in [1.165, 1.54) is 18.2 Å². The van der Waals surface area contributed by atoms with Gasteiger partial charge in [0.1, 0.15) is 0 Å². The Hall–Kier alpha value is -3.86. The van der Waals surface area contributed by atoms with E-state index in [1.807, 2.05) is 42.5 Å². The van der Waals surface area contributed by atoms with E-state index >= 15 is 0 Å². The molecule has 0 aliphatic carbocycles. The summed E-state index contributed by atoms with van der Waals surface area (Å²) >= 11 is 0. The third-order valence-corrected chi connectivity index (χ3v) is 5.94. The van der Waals surface area contributed by atoms with Crippen LogP contribution in [0.4, 0.5) is 5.95 Å². The van der Waals surface area contributed by atoms with Crippen molar-refractivity contribution < 1.29 is 9.53 Å². The fraction of sp³-hybridized carbons (Fsp3) is 0.154. The van der Waals surface area contributed by atoms with Gasteiger partial charge in [-0.25, -0.2) is 9.78 Å². The maximum absolute atomic E-state index is 11.9. The van der Waals surface area contributed by atoms with Gasteiger partial charge in [-0.05, 0) is 72.5 Å². The number of rotatable bonds is 3. The van der Waals surface area contributed by atoms with E-state index in [0.717, 1.165) is 33.8 Å². The lowest BCUT2D eigenvalue weighted by molar-refractivity contribution is 0.0600. The van der Waals surface area contributed by atoms with Gasteiger partial charge in [-0.3, -0.25) is 4.57 Å². The summed E-state index contributed by atoms with van der Waals surface area (Å²) in [5, 5.41) is 3.53. The number of fused-ring (bicyclic) bond motifs is 3. The second kappa shape index (κ2) is 7.43. The fourth-order valence-corrected chi connectivity index (χ4v) is 4.07. The highest BCUT2D eigenvalue weighted by Gasteiger charge is 2.25. The zero-order valence-corrected chi connectivity index (χ0v) is 17.7. The number of nitrogens with one attached hydrogen (secondary N) is 1. The molecule has 1 aliphatic heterocycles. The normalized spacial score (nSPS) is 15.2. The summed E-state index contributed by atoms with van der Waals surface area (Å²) in [5.41, 5.74) is 8.26. The molecule has 1 aliphatic rings. The monoisotopic (exact) mass is 409 g/mol. The van der Waals surface area contributed by atoms with Crippen molar-refractivity contribution in [3.63, 3.8) is 0 Å². The molecule has 0 unspecified atom stereocenters. The maximum Gasteiger partial charge on any atom is 0.337 e. The number of anilines is 1. The number of carbonyl (C=O) groups excluding carboxylic acids is 1. The van der Waals surface area contributed by atoms with Gasteiger partial charge in [0.05, 0.1) is 29.7 Å². The van der Waals surface area contributed by atoms with Crippen LogP contribution in [0.1, 0.15) is 38.7 Å². The van der Waals surface area contributed by atoms with Crippen molar-refractivity contribution >= 4 is 28.6 Å². The van der Waals surface area contributed by atoms with Gasteiger partial charge in [-0.1, -0.05) is 36.4 Å². The van der Waals surface area contributed by atoms with Crippen LogP contribution in [0.15, 0.2) is 72.8 Å². The summed E-state index contributed by atoms with van der Waals surface area (Å²) in [6.07, 6.45) is 2.22. The van der Waals surface area contributed by atoms with Crippen LogP contribution in [0, 0.1) is 13.8 Å². The van der Waals surface area contributed by atoms with Gasteiger partial charge in [0, 0.05) is 5.70 Å². The first kappa shape index (κ1) is 19.1. The van der Waals surface area contributed by atoms with Crippen molar-refractivity contribution in [2.24, 2.45) is 0 Å². The molecular weight excluding hydrogens is 386 g/mol. The fourth-order valence-electron chi connectivity index (χ4n) is 4.07. The molecule has 154 valence electrons. The number of para-hydroxylation sites is 2. The summed E-state index contributed by atoms with van der Waals surface area (Å²) in [5.74, 6) is 0.468. The molecule has 3 aromatic carbocycles. The first-order chi connectivity index (χ1) is 15.0. The van der Waals surface area contributed by atoms with Crippen molar-refractivity contribution in [3.05, 3.63) is 101 Å². The van der Waals surface area contributed by atoms with Crippen LogP contribution in [0.3, 0.4) is 0 Å². The summed E-state index contributed by atoms with van der Waals surface area (Å²) in [7, 11) is 1.39. The van der Waals surface area contributed by atoms with Gasteiger partial charge in [-0.15, -0.1) is 0 Å². The van der Waals surface area contributed by atoms with Crippen molar-refractivity contribution in [2.45, 2.75) is 19.9 Å². The Labute approximate surface area is 181 Å². The molecule has 4 aromatic rings. The molecule has 1 N–H and O–H groups in total. The van der Waals surface area contributed by atoms with Crippen LogP contribution in [0.25, 0.3) is 16.7 Å². The highest BCUT2D eigenvalue weighted by molar-refractivity contribution is 5.89. The lowest BCUT2D eigenvalue weighted by Crippen LogP contribution is -2.19. The van der Waals surface area contributed by atoms with Gasteiger partial charge in [-0.2, -0.15) is 0 Å². The van der Waals surface area contributed by atoms with Crippen LogP contribution in [-0.2, 0) is 4.74 Å². The van der Waals surface area contributed by atoms with Crippen LogP contribution in [-0.4, -0.2) is 22.6 Å². The molecule has 0 radical (unpaired) electrons. The summed E-state index contributed by atoms with van der Waals surface area (Å²) in [4.78, 5) is 16.7. The highest BCUT2D eigenvalue weighted by atomic mass is 16.5. The number of allylic oxidation sites excluding steroid dienone is 1. The van der Waals surface area contributed by atoms with E-state index in [-0.39, 0.29) is 12.0 Å². The van der Waals surface area contributed by atoms with Gasteiger partial charge in [0.25, 0.3) is 0 Å². The number of hydrogen-bond donors (Lipinski definition) is 1. The van der Waals surface area contributed by atoms with Crippen LogP contribution >= 0.6 is 0 Å². The molecule has 1 atom stereocenters. The molecule has 0 saturated heterocycles. The number of benzene rings is 3. The predicted molar refractivity (Wildman–Crippen MR) is 123 cm³/mol. The number of methoxy groups -OCH3 is 1. The number of ether oxygens (including phenoxy) is 1. The van der Waals surface area contributed by atoms with Crippen molar-refractivity contribution in [2.75, 3.05) is 12.4 Å². The number of esters is 1. The minimum Gasteiger partial charge on any atom is -0.465 e. The number of aryl methyl sites for hydroxylation is 2. The molecule has 5 rings (SSSR count). The van der Waals surface area contributed by atoms with Crippen molar-refractivity contribution in [3.8, 4) is 0 Å². The van der Waals surface area contributed by atoms with E-state index in [1.54, 1.807) is 0 Å². The molecule has 0 spiro atoms. The van der Waals surface area contributed by atoms with E-state index < -0.39 is 0 Å². The predicted octanol–water partition coefficient (Wildman–Crippen LogP) is 5.50. The number of nitrogens with zero attached hydrogens (tertiary/aromatic N) is 2. The number of hydrogen-bond acceptors (Lipinski definition) is 4. The third kappa shape index (κ3) is 3.28. The molecular formula is C26H23N3O2. The Morgan fingerprint density at radius 1 is 1.00 bits per heavy atom. The molecule has 0 bridgehead atoms. The van der Waals surface area contributed by atoms with Crippen LogP contribution in [0.5, 0.6) is 0 Å². The average Bonchev–Trinajstić information content (AvgIpc) is 3.18. The van der Waals surface area contributed by atoms with Crippen LogP contribution in [0.2, 0.25) is 0 Å². The van der Waals surface area contributed by atoms with E-state index in [0.29, 0.717) is 5.56 Å². The first-order valence-corrected chi connectivity index (χ1v) is 10.3. The minimum absolute atomic E-state index is 0.0630. The molecule has 5 heteroatoms. The van der Waals surface area contributed by atoms with E-state index in [2.05, 4.69) is 54.1 Å². The zero-order valence-electron chi connectivity index (χ0n) is 17.7. The van der Waals surface area contributed by atoms with Gasteiger partial charge >= 0.3 is 5.97 Å². The van der Waals surface area contributed by atoms with Gasteiger partial charge in [0.15, 0.2) is 0 Å². The smallest absolute Gasteiger partial charge is 0.337 e. The second-order valence-corrected chi connectivity index (χ2v) is 7.86. The van der Waals surface area contributed by atoms with Crippen LogP contribution < -0.4 is 5.32 Å². The van der Waals surface area contributed by atoms with Gasteiger partial charge in [0.2, 0.25) is 5.95 Å². The molecule has 0 saturated carbocycles.